The van der Waals surface area contributed by atoms with E-state index < -0.39 is 0 Å². The maximum absolute atomic E-state index is 6.14. The minimum atomic E-state index is -0.245. The Morgan fingerprint density at radius 3 is 3.00 bits per heavy atom. The third kappa shape index (κ3) is 3.14. The van der Waals surface area contributed by atoms with E-state index in [9.17, 15) is 0 Å². The van der Waals surface area contributed by atoms with Crippen molar-refractivity contribution in [3.05, 3.63) is 41.6 Å². The fraction of sp³-hybridized carbons (Fsp3) is 0.400. The Labute approximate surface area is 128 Å². The Balaban J connectivity index is 1.87. The molecule has 0 amide bonds. The van der Waals surface area contributed by atoms with Crippen LogP contribution in [-0.2, 0) is 0 Å². The van der Waals surface area contributed by atoms with Gasteiger partial charge in [-0.1, -0.05) is 11.6 Å². The third-order valence-electron chi connectivity index (χ3n) is 3.60. The van der Waals surface area contributed by atoms with Gasteiger partial charge in [0.25, 0.3) is 0 Å². The summed E-state index contributed by atoms with van der Waals surface area (Å²) in [5.74, 6) is 2.13. The predicted molar refractivity (Wildman–Crippen MR) is 78.9 cm³/mol. The molecule has 1 aromatic heterocycles. The molecule has 112 valence electrons. The second-order valence-corrected chi connectivity index (χ2v) is 5.39. The number of rotatable bonds is 5. The van der Waals surface area contributed by atoms with E-state index in [4.69, 9.17) is 25.5 Å². The van der Waals surface area contributed by atoms with Crippen LogP contribution in [-0.4, -0.2) is 25.2 Å². The second-order valence-electron chi connectivity index (χ2n) is 4.96. The fourth-order valence-electron chi connectivity index (χ4n) is 2.53. The number of hydrogen-bond acceptors (Lipinski definition) is 5. The zero-order valence-electron chi connectivity index (χ0n) is 11.7. The maximum atomic E-state index is 6.14. The first-order chi connectivity index (χ1) is 10.3. The van der Waals surface area contributed by atoms with Crippen LogP contribution in [0.4, 0.5) is 0 Å². The van der Waals surface area contributed by atoms with E-state index in [0.717, 1.165) is 19.5 Å². The first kappa shape index (κ1) is 14.2. The quantitative estimate of drug-likeness (QED) is 0.920. The number of benzene rings is 1. The molecule has 1 aromatic carbocycles. The Kier molecular flexibility index (Phi) is 4.31. The Morgan fingerprint density at radius 1 is 1.43 bits per heavy atom. The Bertz CT molecular complexity index is 583. The summed E-state index contributed by atoms with van der Waals surface area (Å²) in [5, 5.41) is 3.94. The molecule has 3 rings (SSSR count). The van der Waals surface area contributed by atoms with Gasteiger partial charge in [0.05, 0.1) is 13.3 Å². The maximum Gasteiger partial charge on any atom is 0.235 e. The molecule has 1 N–H and O–H groups in total. The number of hydrogen-bond donors (Lipinski definition) is 1. The van der Waals surface area contributed by atoms with Gasteiger partial charge < -0.3 is 19.2 Å². The average Bonchev–Trinajstić information content (AvgIpc) is 3.19. The highest BCUT2D eigenvalue weighted by atomic mass is 35.5. The van der Waals surface area contributed by atoms with Crippen molar-refractivity contribution in [2.45, 2.75) is 12.5 Å². The second kappa shape index (κ2) is 6.37. The predicted octanol–water partition coefficient (Wildman–Crippen LogP) is 3.07. The van der Waals surface area contributed by atoms with Gasteiger partial charge in [-0.25, -0.2) is 4.98 Å². The number of nitrogens with one attached hydrogen (secondary N) is 1. The van der Waals surface area contributed by atoms with Crippen molar-refractivity contribution in [1.82, 2.24) is 10.3 Å². The first-order valence-electron chi connectivity index (χ1n) is 6.88. The van der Waals surface area contributed by atoms with Gasteiger partial charge in [0.2, 0.25) is 5.89 Å². The largest absolute Gasteiger partial charge is 0.493 e. The minimum absolute atomic E-state index is 0.245. The molecule has 1 saturated heterocycles. The SMILES string of the molecule is COc1cc(Cl)ccc1OC(c1ncco1)C1CCNC1. The molecule has 1 aliphatic rings. The summed E-state index contributed by atoms with van der Waals surface area (Å²) < 4.78 is 16.9. The van der Waals surface area contributed by atoms with Crippen molar-refractivity contribution < 1.29 is 13.9 Å². The lowest BCUT2D eigenvalue weighted by molar-refractivity contribution is 0.110. The van der Waals surface area contributed by atoms with Gasteiger partial charge in [-0.15, -0.1) is 0 Å². The van der Waals surface area contributed by atoms with Gasteiger partial charge in [0.15, 0.2) is 17.6 Å². The van der Waals surface area contributed by atoms with Gasteiger partial charge in [-0.05, 0) is 25.1 Å². The normalized spacial score (nSPS) is 19.4. The molecule has 0 aliphatic carbocycles. The van der Waals surface area contributed by atoms with E-state index in [1.54, 1.807) is 37.8 Å². The fourth-order valence-corrected chi connectivity index (χ4v) is 2.70. The van der Waals surface area contributed by atoms with E-state index in [1.807, 2.05) is 0 Å². The monoisotopic (exact) mass is 308 g/mol. The van der Waals surface area contributed by atoms with Crippen LogP contribution in [0.25, 0.3) is 0 Å². The summed E-state index contributed by atoms with van der Waals surface area (Å²) in [7, 11) is 1.59. The summed E-state index contributed by atoms with van der Waals surface area (Å²) in [6.07, 6.45) is 3.97. The average molecular weight is 309 g/mol. The van der Waals surface area contributed by atoms with E-state index in [1.165, 1.54) is 0 Å². The molecule has 5 nitrogen and oxygen atoms in total. The topological polar surface area (TPSA) is 56.5 Å². The smallest absolute Gasteiger partial charge is 0.235 e. The summed E-state index contributed by atoms with van der Waals surface area (Å²) in [6, 6.07) is 5.31. The highest BCUT2D eigenvalue weighted by Crippen LogP contribution is 2.37. The zero-order chi connectivity index (χ0) is 14.7. The molecule has 0 saturated carbocycles. The van der Waals surface area contributed by atoms with Crippen LogP contribution in [0, 0.1) is 5.92 Å². The van der Waals surface area contributed by atoms with Crippen molar-refractivity contribution in [3.63, 3.8) is 0 Å². The molecule has 1 aliphatic heterocycles. The van der Waals surface area contributed by atoms with Crippen LogP contribution >= 0.6 is 11.6 Å². The van der Waals surface area contributed by atoms with E-state index in [-0.39, 0.29) is 6.10 Å². The third-order valence-corrected chi connectivity index (χ3v) is 3.84. The van der Waals surface area contributed by atoms with Crippen LogP contribution in [0.1, 0.15) is 18.4 Å². The zero-order valence-corrected chi connectivity index (χ0v) is 12.5. The van der Waals surface area contributed by atoms with Crippen molar-refractivity contribution in [1.29, 1.82) is 0 Å². The molecule has 2 heterocycles. The highest BCUT2D eigenvalue weighted by molar-refractivity contribution is 6.30. The molecular weight excluding hydrogens is 292 g/mol. The lowest BCUT2D eigenvalue weighted by Gasteiger charge is -2.22. The highest BCUT2D eigenvalue weighted by Gasteiger charge is 2.32. The first-order valence-corrected chi connectivity index (χ1v) is 7.26. The van der Waals surface area contributed by atoms with E-state index in [2.05, 4.69) is 10.3 Å². The van der Waals surface area contributed by atoms with Crippen LogP contribution in [0.2, 0.25) is 5.02 Å². The molecule has 2 unspecified atom stereocenters. The summed E-state index contributed by atoms with van der Waals surface area (Å²) in [6.45, 7) is 1.85. The van der Waals surface area contributed by atoms with Crippen LogP contribution in [0.5, 0.6) is 11.5 Å². The van der Waals surface area contributed by atoms with Crippen molar-refractivity contribution in [2.75, 3.05) is 20.2 Å². The molecule has 2 atom stereocenters. The number of nitrogens with zero attached hydrogens (tertiary/aromatic N) is 1. The van der Waals surface area contributed by atoms with E-state index >= 15 is 0 Å². The Hall–Kier alpha value is -1.72. The van der Waals surface area contributed by atoms with Crippen LogP contribution in [0.3, 0.4) is 0 Å². The molecule has 0 radical (unpaired) electrons. The van der Waals surface area contributed by atoms with Gasteiger partial charge in [-0.3, -0.25) is 0 Å². The van der Waals surface area contributed by atoms with Crippen molar-refractivity contribution in [2.24, 2.45) is 5.92 Å². The molecule has 0 spiro atoms. The lowest BCUT2D eigenvalue weighted by atomic mass is 10.0. The standard InChI is InChI=1S/C15H17ClN2O3/c1-19-13-8-11(16)2-3-12(13)21-14(10-4-5-17-9-10)15-18-6-7-20-15/h2-3,6-8,10,14,17H,4-5,9H2,1H3. The number of halogens is 1. The molecule has 21 heavy (non-hydrogen) atoms. The van der Waals surface area contributed by atoms with Gasteiger partial charge in [0.1, 0.15) is 6.26 Å². The van der Waals surface area contributed by atoms with Crippen molar-refractivity contribution >= 4 is 11.6 Å². The number of oxazole rings is 1. The minimum Gasteiger partial charge on any atom is -0.493 e. The van der Waals surface area contributed by atoms with Crippen molar-refractivity contribution in [3.8, 4) is 11.5 Å². The number of aromatic nitrogens is 1. The number of ether oxygens (including phenoxy) is 2. The van der Waals surface area contributed by atoms with E-state index in [0.29, 0.717) is 28.3 Å². The summed E-state index contributed by atoms with van der Waals surface area (Å²) in [5.41, 5.74) is 0. The summed E-state index contributed by atoms with van der Waals surface area (Å²) in [4.78, 5) is 4.24. The van der Waals surface area contributed by atoms with Crippen LogP contribution < -0.4 is 14.8 Å². The van der Waals surface area contributed by atoms with Crippen LogP contribution in [0.15, 0.2) is 35.1 Å². The molecule has 0 bridgehead atoms. The molecular formula is C15H17ClN2O3. The molecule has 1 fully saturated rings. The lowest BCUT2D eigenvalue weighted by Crippen LogP contribution is -2.21. The number of methoxy groups -OCH3 is 1. The van der Waals surface area contributed by atoms with Gasteiger partial charge in [-0.2, -0.15) is 0 Å². The molecule has 6 heteroatoms. The van der Waals surface area contributed by atoms with Gasteiger partial charge in [0, 0.05) is 23.6 Å². The van der Waals surface area contributed by atoms with Gasteiger partial charge >= 0.3 is 0 Å². The molecule has 2 aromatic rings. The Morgan fingerprint density at radius 2 is 2.33 bits per heavy atom. The summed E-state index contributed by atoms with van der Waals surface area (Å²) >= 11 is 5.98.